The van der Waals surface area contributed by atoms with Crippen LogP contribution in [0.2, 0.25) is 0 Å². The summed E-state index contributed by atoms with van der Waals surface area (Å²) in [6.45, 7) is -0.763. The smallest absolute Gasteiger partial charge is 0.295 e. The fourth-order valence-corrected chi connectivity index (χ4v) is 5.29. The van der Waals surface area contributed by atoms with Crippen molar-refractivity contribution in [2.45, 2.75) is 9.79 Å². The van der Waals surface area contributed by atoms with Gasteiger partial charge >= 0.3 is 0 Å². The fraction of sp³-hybridized carbons (Fsp3) is 0.235. The van der Waals surface area contributed by atoms with Crippen molar-refractivity contribution in [3.05, 3.63) is 30.3 Å². The number of aromatic nitrogens is 3. The van der Waals surface area contributed by atoms with Crippen LogP contribution in [0.15, 0.2) is 40.1 Å². The van der Waals surface area contributed by atoms with Gasteiger partial charge in [-0.25, -0.2) is 0 Å². The molecular formula is C17H20N6O12S4. The minimum absolute atomic E-state index is 0.204. The highest BCUT2D eigenvalue weighted by molar-refractivity contribution is 7.86. The third-order valence-corrected chi connectivity index (χ3v) is 7.90. The van der Waals surface area contributed by atoms with Gasteiger partial charge in [-0.3, -0.25) is 18.2 Å². The third kappa shape index (κ3) is 8.89. The molecule has 0 unspecified atom stereocenters. The quantitative estimate of drug-likeness (QED) is 0.128. The zero-order valence-electron chi connectivity index (χ0n) is 19.2. The van der Waals surface area contributed by atoms with Crippen LogP contribution in [0.4, 0.5) is 23.5 Å². The van der Waals surface area contributed by atoms with E-state index in [9.17, 15) is 42.8 Å². The molecule has 39 heavy (non-hydrogen) atoms. The Morgan fingerprint density at radius 1 is 0.615 bits per heavy atom. The van der Waals surface area contributed by atoms with E-state index in [1.54, 1.807) is 0 Å². The number of nitrogens with one attached hydrogen (secondary N) is 3. The Bertz CT molecular complexity index is 1790. The summed E-state index contributed by atoms with van der Waals surface area (Å²) in [5, 5.41) is 6.95. The summed E-state index contributed by atoms with van der Waals surface area (Å²) < 4.78 is 129. The van der Waals surface area contributed by atoms with Gasteiger partial charge in [0.2, 0.25) is 17.8 Å². The summed E-state index contributed by atoms with van der Waals surface area (Å²) >= 11 is 0. The second-order valence-electron chi connectivity index (χ2n) is 7.63. The molecule has 0 atom stereocenters. The first-order chi connectivity index (χ1) is 17.8. The Morgan fingerprint density at radius 2 is 1.10 bits per heavy atom. The Kier molecular flexibility index (Phi) is 8.61. The summed E-state index contributed by atoms with van der Waals surface area (Å²) in [5.41, 5.74) is -0.204. The lowest BCUT2D eigenvalue weighted by atomic mass is 10.1. The predicted octanol–water partition coefficient (Wildman–Crippen LogP) is -0.139. The molecule has 1 aromatic heterocycles. The van der Waals surface area contributed by atoms with Crippen molar-refractivity contribution in [1.29, 1.82) is 0 Å². The van der Waals surface area contributed by atoms with Gasteiger partial charge in [0.05, 0.1) is 11.5 Å². The van der Waals surface area contributed by atoms with Crippen LogP contribution in [0.3, 0.4) is 0 Å². The summed E-state index contributed by atoms with van der Waals surface area (Å²) in [4.78, 5) is 10.3. The first-order valence-corrected chi connectivity index (χ1v) is 16.3. The standard InChI is InChI=1S/C17H20N6O12S4/c24-36(25,26)6-4-18-15-21-16(19-5-7-37(27,28)29)23-17(22-15)20-10-8-12-11(14(9-10)39(33,34)35)2-1-3-13(12)38(30,31)32/h1-3,8-9H,4-7H2,(H,24,25,26)(H,27,28,29)(H,30,31,32)(H,33,34,35)(H3,18,19,20,21,22,23). The molecule has 0 saturated carbocycles. The van der Waals surface area contributed by atoms with Crippen LogP contribution in [0, 0.1) is 0 Å². The SMILES string of the molecule is O=S(=O)(O)CCNc1nc(NCCS(=O)(=O)O)nc(Nc2cc(S(=O)(=O)O)c3cccc(S(=O)(=O)O)c3c2)n1. The van der Waals surface area contributed by atoms with Crippen molar-refractivity contribution >= 4 is 74.8 Å². The highest BCUT2D eigenvalue weighted by Gasteiger charge is 2.22. The van der Waals surface area contributed by atoms with E-state index in [4.69, 9.17) is 9.11 Å². The van der Waals surface area contributed by atoms with Crippen molar-refractivity contribution in [2.24, 2.45) is 0 Å². The Balaban J connectivity index is 2.09. The molecule has 0 saturated heterocycles. The number of hydrogen-bond donors (Lipinski definition) is 7. The highest BCUT2D eigenvalue weighted by atomic mass is 32.2. The minimum atomic E-state index is -4.93. The Hall–Kier alpha value is -3.25. The van der Waals surface area contributed by atoms with E-state index < -0.39 is 61.8 Å². The summed E-state index contributed by atoms with van der Waals surface area (Å²) in [7, 11) is -18.5. The van der Waals surface area contributed by atoms with Gasteiger partial charge in [0.1, 0.15) is 9.79 Å². The maximum absolute atomic E-state index is 12.0. The second-order valence-corrected chi connectivity index (χ2v) is 13.6. The van der Waals surface area contributed by atoms with Crippen LogP contribution in [0.1, 0.15) is 0 Å². The second kappa shape index (κ2) is 11.1. The van der Waals surface area contributed by atoms with Gasteiger partial charge in [0.15, 0.2) is 0 Å². The number of nitrogens with zero attached hydrogens (tertiary/aromatic N) is 3. The molecule has 0 aliphatic heterocycles. The number of anilines is 4. The number of rotatable bonds is 12. The van der Waals surface area contributed by atoms with Crippen LogP contribution in [0.5, 0.6) is 0 Å². The molecule has 2 aromatic carbocycles. The van der Waals surface area contributed by atoms with E-state index in [1.165, 1.54) is 6.07 Å². The molecule has 0 radical (unpaired) electrons. The van der Waals surface area contributed by atoms with Gasteiger partial charge in [0, 0.05) is 29.5 Å². The number of fused-ring (bicyclic) bond motifs is 1. The van der Waals surface area contributed by atoms with E-state index >= 15 is 0 Å². The van der Waals surface area contributed by atoms with Crippen LogP contribution in [-0.4, -0.2) is 91.4 Å². The molecule has 0 spiro atoms. The van der Waals surface area contributed by atoms with Gasteiger partial charge in [-0.2, -0.15) is 48.6 Å². The first kappa shape index (κ1) is 30.3. The molecule has 3 rings (SSSR count). The molecule has 7 N–H and O–H groups in total. The zero-order chi connectivity index (χ0) is 29.2. The van der Waals surface area contributed by atoms with Crippen molar-refractivity contribution in [1.82, 2.24) is 15.0 Å². The van der Waals surface area contributed by atoms with E-state index in [2.05, 4.69) is 30.9 Å². The average Bonchev–Trinajstić information content (AvgIpc) is 2.75. The molecule has 214 valence electrons. The molecular weight excluding hydrogens is 608 g/mol. The van der Waals surface area contributed by atoms with Gasteiger partial charge < -0.3 is 16.0 Å². The average molecular weight is 629 g/mol. The minimum Gasteiger partial charge on any atom is -0.353 e. The van der Waals surface area contributed by atoms with Gasteiger partial charge in [-0.15, -0.1) is 0 Å². The van der Waals surface area contributed by atoms with Crippen molar-refractivity contribution < 1.29 is 51.9 Å². The predicted molar refractivity (Wildman–Crippen MR) is 136 cm³/mol. The lowest BCUT2D eigenvalue weighted by Gasteiger charge is -2.13. The normalized spacial score (nSPS) is 12.8. The van der Waals surface area contributed by atoms with Gasteiger partial charge in [-0.1, -0.05) is 12.1 Å². The van der Waals surface area contributed by atoms with E-state index in [-0.39, 0.29) is 47.4 Å². The van der Waals surface area contributed by atoms with Crippen molar-refractivity contribution in [3.8, 4) is 0 Å². The maximum Gasteiger partial charge on any atom is 0.295 e. The van der Waals surface area contributed by atoms with Crippen LogP contribution < -0.4 is 16.0 Å². The fourth-order valence-electron chi connectivity index (χ4n) is 3.14. The van der Waals surface area contributed by atoms with E-state index in [1.807, 2.05) is 0 Å². The Morgan fingerprint density at radius 3 is 1.56 bits per heavy atom. The zero-order valence-corrected chi connectivity index (χ0v) is 22.5. The summed E-state index contributed by atoms with van der Waals surface area (Å²) in [6.07, 6.45) is 0. The Labute approximate surface area is 221 Å². The van der Waals surface area contributed by atoms with E-state index in [0.29, 0.717) is 0 Å². The lowest BCUT2D eigenvalue weighted by Crippen LogP contribution is -2.19. The van der Waals surface area contributed by atoms with Gasteiger partial charge in [0.25, 0.3) is 40.5 Å². The van der Waals surface area contributed by atoms with Crippen LogP contribution >= 0.6 is 0 Å². The maximum atomic E-state index is 12.0. The topological polar surface area (TPSA) is 292 Å². The van der Waals surface area contributed by atoms with Gasteiger partial charge in [-0.05, 0) is 18.2 Å². The summed E-state index contributed by atoms with van der Waals surface area (Å²) in [6, 6.07) is 5.34. The molecule has 0 bridgehead atoms. The number of hydrogen-bond acceptors (Lipinski definition) is 14. The highest BCUT2D eigenvalue weighted by Crippen LogP contribution is 2.32. The first-order valence-electron chi connectivity index (χ1n) is 10.2. The van der Waals surface area contributed by atoms with Crippen LogP contribution in [0.25, 0.3) is 10.8 Å². The van der Waals surface area contributed by atoms with Crippen molar-refractivity contribution in [2.75, 3.05) is 40.5 Å². The van der Waals surface area contributed by atoms with Crippen molar-refractivity contribution in [3.63, 3.8) is 0 Å². The summed E-state index contributed by atoms with van der Waals surface area (Å²) in [5.74, 6) is -2.47. The van der Waals surface area contributed by atoms with Crippen LogP contribution in [-0.2, 0) is 40.5 Å². The lowest BCUT2D eigenvalue weighted by molar-refractivity contribution is 0.481. The molecule has 0 amide bonds. The molecule has 0 aliphatic carbocycles. The largest absolute Gasteiger partial charge is 0.353 e. The third-order valence-electron chi connectivity index (χ3n) is 4.65. The molecule has 0 aliphatic rings. The molecule has 1 heterocycles. The number of benzene rings is 2. The molecule has 3 aromatic rings. The molecule has 0 fully saturated rings. The monoisotopic (exact) mass is 628 g/mol. The van der Waals surface area contributed by atoms with E-state index in [0.717, 1.165) is 24.3 Å². The molecule has 22 heteroatoms. The molecule has 18 nitrogen and oxygen atoms in total.